The molecule has 0 saturated heterocycles. The maximum absolute atomic E-state index is 12.3. The van der Waals surface area contributed by atoms with Crippen molar-refractivity contribution in [1.82, 2.24) is 4.72 Å². The van der Waals surface area contributed by atoms with Crippen LogP contribution in [0.25, 0.3) is 0 Å². The summed E-state index contributed by atoms with van der Waals surface area (Å²) in [4.78, 5) is 0.208. The van der Waals surface area contributed by atoms with Gasteiger partial charge >= 0.3 is 0 Å². The van der Waals surface area contributed by atoms with E-state index in [4.69, 9.17) is 11.6 Å². The summed E-state index contributed by atoms with van der Waals surface area (Å²) in [5, 5.41) is 0. The maximum Gasteiger partial charge on any atom is 0.242 e. The summed E-state index contributed by atoms with van der Waals surface area (Å²) in [5.74, 6) is 0.398. The van der Waals surface area contributed by atoms with Crippen molar-refractivity contribution in [2.75, 3.05) is 5.88 Å². The molecule has 0 aliphatic carbocycles. The number of halogens is 3. The van der Waals surface area contributed by atoms with Gasteiger partial charge in [-0.3, -0.25) is 0 Å². The van der Waals surface area contributed by atoms with Crippen molar-refractivity contribution in [3.63, 3.8) is 0 Å². The Morgan fingerprint density at radius 1 is 1.33 bits per heavy atom. The Hall–Kier alpha value is 0.380. The number of hydrogen-bond donors (Lipinski definition) is 1. The molecule has 7 heteroatoms. The van der Waals surface area contributed by atoms with E-state index in [1.54, 1.807) is 32.0 Å². The van der Waals surface area contributed by atoms with Crippen LogP contribution in [0.15, 0.2) is 32.0 Å². The molecule has 0 aliphatic heterocycles. The van der Waals surface area contributed by atoms with Crippen LogP contribution >= 0.6 is 43.5 Å². The number of alkyl halides is 1. The fraction of sp³-hybridized carbons (Fsp3) is 0.455. The zero-order valence-electron chi connectivity index (χ0n) is 10.0. The van der Waals surface area contributed by atoms with Gasteiger partial charge in [0, 0.05) is 20.4 Å². The van der Waals surface area contributed by atoms with Gasteiger partial charge in [-0.2, -0.15) is 0 Å². The molecule has 1 rings (SSSR count). The minimum Gasteiger partial charge on any atom is -0.207 e. The second-order valence-corrected chi connectivity index (χ2v) is 8.30. The quantitative estimate of drug-likeness (QED) is 0.736. The smallest absolute Gasteiger partial charge is 0.207 e. The standard InChI is InChI=1S/C11H14Br2ClNO2S/c1-11(2,5-6-14)15-18(16,17)10-7-8(12)3-4-9(10)13/h3-4,7,15H,5-6H2,1-2H3. The monoisotopic (exact) mass is 417 g/mol. The summed E-state index contributed by atoms with van der Waals surface area (Å²) in [5.41, 5.74) is -0.581. The third-order valence-corrected chi connectivity index (χ3v) is 5.69. The molecular formula is C11H14Br2ClNO2S. The van der Waals surface area contributed by atoms with Crippen molar-refractivity contribution in [1.29, 1.82) is 0 Å². The average molecular weight is 420 g/mol. The number of benzene rings is 1. The lowest BCUT2D eigenvalue weighted by Gasteiger charge is -2.25. The second kappa shape index (κ2) is 6.22. The summed E-state index contributed by atoms with van der Waals surface area (Å²) in [6.07, 6.45) is 0.555. The maximum atomic E-state index is 12.3. The Kier molecular flexibility index (Phi) is 5.68. The Morgan fingerprint density at radius 2 is 1.94 bits per heavy atom. The van der Waals surface area contributed by atoms with E-state index in [0.29, 0.717) is 21.2 Å². The lowest BCUT2D eigenvalue weighted by Crippen LogP contribution is -2.43. The van der Waals surface area contributed by atoms with Gasteiger partial charge in [-0.15, -0.1) is 11.6 Å². The summed E-state index contributed by atoms with van der Waals surface area (Å²) in [6.45, 7) is 3.61. The fourth-order valence-electron chi connectivity index (χ4n) is 1.39. The summed E-state index contributed by atoms with van der Waals surface area (Å²) >= 11 is 12.2. The molecule has 0 fully saturated rings. The molecule has 0 bridgehead atoms. The minimum absolute atomic E-state index is 0.208. The Labute approximate surface area is 130 Å². The molecule has 1 aromatic carbocycles. The van der Waals surface area contributed by atoms with Crippen molar-refractivity contribution < 1.29 is 8.42 Å². The van der Waals surface area contributed by atoms with Crippen LogP contribution in [-0.4, -0.2) is 19.8 Å². The highest BCUT2D eigenvalue weighted by molar-refractivity contribution is 9.11. The lowest BCUT2D eigenvalue weighted by atomic mass is 10.0. The molecule has 1 aromatic rings. The molecule has 1 N–H and O–H groups in total. The molecule has 0 aromatic heterocycles. The first-order valence-corrected chi connectivity index (χ1v) is 8.83. The summed E-state index contributed by atoms with van der Waals surface area (Å²) in [7, 11) is -3.58. The molecule has 0 heterocycles. The van der Waals surface area contributed by atoms with Gasteiger partial charge in [0.15, 0.2) is 0 Å². The van der Waals surface area contributed by atoms with Crippen LogP contribution in [0.2, 0.25) is 0 Å². The van der Waals surface area contributed by atoms with Gasteiger partial charge < -0.3 is 0 Å². The zero-order chi connectivity index (χ0) is 14.0. The van der Waals surface area contributed by atoms with Gasteiger partial charge in [-0.1, -0.05) is 15.9 Å². The summed E-state index contributed by atoms with van der Waals surface area (Å²) < 4.78 is 28.5. The third kappa shape index (κ3) is 4.49. The van der Waals surface area contributed by atoms with E-state index in [2.05, 4.69) is 36.6 Å². The molecule has 0 unspecified atom stereocenters. The molecule has 102 valence electrons. The van der Waals surface area contributed by atoms with Crippen LogP contribution < -0.4 is 4.72 Å². The highest BCUT2D eigenvalue weighted by Crippen LogP contribution is 2.27. The minimum atomic E-state index is -3.58. The first-order chi connectivity index (χ1) is 8.18. The second-order valence-electron chi connectivity index (χ2n) is 4.50. The van der Waals surface area contributed by atoms with Crippen molar-refractivity contribution >= 4 is 53.5 Å². The van der Waals surface area contributed by atoms with E-state index in [1.807, 2.05) is 0 Å². The molecule has 0 radical (unpaired) electrons. The Bertz CT molecular complexity index is 532. The molecule has 0 spiro atoms. The topological polar surface area (TPSA) is 46.2 Å². The van der Waals surface area contributed by atoms with Gasteiger partial charge in [-0.05, 0) is 54.4 Å². The molecule has 0 aliphatic rings. The predicted molar refractivity (Wildman–Crippen MR) is 81.6 cm³/mol. The van der Waals surface area contributed by atoms with Crippen molar-refractivity contribution in [2.24, 2.45) is 0 Å². The number of sulfonamides is 1. The van der Waals surface area contributed by atoms with E-state index in [0.717, 1.165) is 0 Å². The van der Waals surface area contributed by atoms with Crippen LogP contribution in [-0.2, 0) is 10.0 Å². The van der Waals surface area contributed by atoms with Crippen molar-refractivity contribution in [3.05, 3.63) is 27.1 Å². The normalized spacial score (nSPS) is 12.7. The summed E-state index contributed by atoms with van der Waals surface area (Å²) in [6, 6.07) is 5.02. The van der Waals surface area contributed by atoms with E-state index >= 15 is 0 Å². The Morgan fingerprint density at radius 3 is 2.50 bits per heavy atom. The molecule has 0 amide bonds. The largest absolute Gasteiger partial charge is 0.242 e. The SMILES string of the molecule is CC(C)(CCCl)NS(=O)(=O)c1cc(Br)ccc1Br. The van der Waals surface area contributed by atoms with Crippen molar-refractivity contribution in [2.45, 2.75) is 30.7 Å². The molecule has 18 heavy (non-hydrogen) atoms. The van der Waals surface area contributed by atoms with Gasteiger partial charge in [0.2, 0.25) is 10.0 Å². The van der Waals surface area contributed by atoms with Crippen LogP contribution in [0.5, 0.6) is 0 Å². The highest BCUT2D eigenvalue weighted by Gasteiger charge is 2.27. The van der Waals surface area contributed by atoms with Crippen LogP contribution in [0.1, 0.15) is 20.3 Å². The van der Waals surface area contributed by atoms with Crippen molar-refractivity contribution in [3.8, 4) is 0 Å². The van der Waals surface area contributed by atoms with E-state index in [9.17, 15) is 8.42 Å². The van der Waals surface area contributed by atoms with Gasteiger partial charge in [0.1, 0.15) is 0 Å². The Balaban J connectivity index is 3.11. The third-order valence-electron chi connectivity index (χ3n) is 2.31. The van der Waals surface area contributed by atoms with E-state index in [1.165, 1.54) is 0 Å². The lowest BCUT2D eigenvalue weighted by molar-refractivity contribution is 0.441. The van der Waals surface area contributed by atoms with Gasteiger partial charge in [-0.25, -0.2) is 13.1 Å². The van der Waals surface area contributed by atoms with E-state index in [-0.39, 0.29) is 4.90 Å². The molecule has 0 saturated carbocycles. The highest BCUT2D eigenvalue weighted by atomic mass is 79.9. The van der Waals surface area contributed by atoms with E-state index < -0.39 is 15.6 Å². The average Bonchev–Trinajstić information content (AvgIpc) is 2.19. The zero-order valence-corrected chi connectivity index (χ0v) is 14.7. The number of rotatable bonds is 5. The fourth-order valence-corrected chi connectivity index (χ4v) is 4.81. The van der Waals surface area contributed by atoms with Gasteiger partial charge in [0.25, 0.3) is 0 Å². The molecule has 0 atom stereocenters. The number of hydrogen-bond acceptors (Lipinski definition) is 2. The van der Waals surface area contributed by atoms with Crippen LogP contribution in [0.3, 0.4) is 0 Å². The molecular weight excluding hydrogens is 405 g/mol. The first kappa shape index (κ1) is 16.4. The first-order valence-electron chi connectivity index (χ1n) is 5.23. The predicted octanol–water partition coefficient (Wildman–Crippen LogP) is 3.90. The number of nitrogens with one attached hydrogen (secondary N) is 1. The van der Waals surface area contributed by atoms with Gasteiger partial charge in [0.05, 0.1) is 4.90 Å². The van der Waals surface area contributed by atoms with Crippen LogP contribution in [0, 0.1) is 0 Å². The molecule has 3 nitrogen and oxygen atoms in total. The van der Waals surface area contributed by atoms with Crippen LogP contribution in [0.4, 0.5) is 0 Å².